The molecule has 0 aliphatic carbocycles. The van der Waals surface area contributed by atoms with E-state index in [0.717, 1.165) is 39.2 Å². The number of benzene rings is 1. The Hall–Kier alpha value is -0.900. The maximum Gasteiger partial charge on any atom is 0.0741 e. The van der Waals surface area contributed by atoms with Gasteiger partial charge < -0.3 is 14.8 Å². The van der Waals surface area contributed by atoms with Crippen LogP contribution in [0.1, 0.15) is 44.4 Å². The lowest BCUT2D eigenvalue weighted by Gasteiger charge is -2.26. The minimum Gasteiger partial charge on any atom is -0.381 e. The maximum atomic E-state index is 6.11. The molecule has 2 rings (SSSR count). The molecule has 0 spiro atoms. The Kier molecular flexibility index (Phi) is 6.68. The van der Waals surface area contributed by atoms with Crippen molar-refractivity contribution in [1.29, 1.82) is 0 Å². The van der Waals surface area contributed by atoms with Gasteiger partial charge in [0.05, 0.1) is 25.4 Å². The number of rotatable bonds is 8. The number of nitrogens with one attached hydrogen (secondary N) is 1. The highest BCUT2D eigenvalue weighted by molar-refractivity contribution is 5.25. The lowest BCUT2D eigenvalue weighted by molar-refractivity contribution is 0.0148. The largest absolute Gasteiger partial charge is 0.381 e. The number of hydrogen-bond donors (Lipinski definition) is 1. The molecule has 21 heavy (non-hydrogen) atoms. The van der Waals surface area contributed by atoms with Gasteiger partial charge in [-0.15, -0.1) is 0 Å². The van der Waals surface area contributed by atoms with E-state index in [1.54, 1.807) is 0 Å². The van der Waals surface area contributed by atoms with Gasteiger partial charge in [-0.1, -0.05) is 38.1 Å². The van der Waals surface area contributed by atoms with Crippen molar-refractivity contribution in [2.24, 2.45) is 5.92 Å². The second-order valence-corrected chi connectivity index (χ2v) is 5.90. The van der Waals surface area contributed by atoms with Gasteiger partial charge in [0.2, 0.25) is 0 Å². The van der Waals surface area contributed by atoms with E-state index in [-0.39, 0.29) is 12.1 Å². The van der Waals surface area contributed by atoms with Crippen LogP contribution in [-0.4, -0.2) is 32.5 Å². The zero-order valence-electron chi connectivity index (χ0n) is 13.6. The normalized spacial score (nSPS) is 21.4. The summed E-state index contributed by atoms with van der Waals surface area (Å²) in [5.74, 6) is 0.567. The zero-order chi connectivity index (χ0) is 15.1. The van der Waals surface area contributed by atoms with Crippen LogP contribution in [0.5, 0.6) is 0 Å². The highest BCUT2D eigenvalue weighted by Gasteiger charge is 2.22. The van der Waals surface area contributed by atoms with E-state index >= 15 is 0 Å². The lowest BCUT2D eigenvalue weighted by atomic mass is 10.00. The Morgan fingerprint density at radius 1 is 1.29 bits per heavy atom. The second-order valence-electron chi connectivity index (χ2n) is 5.90. The monoisotopic (exact) mass is 291 g/mol. The Labute approximate surface area is 129 Å². The Balaban J connectivity index is 1.94. The van der Waals surface area contributed by atoms with Crippen LogP contribution in [0.2, 0.25) is 0 Å². The third-order valence-corrected chi connectivity index (χ3v) is 4.26. The summed E-state index contributed by atoms with van der Waals surface area (Å²) in [6.07, 6.45) is 2.38. The molecule has 0 bridgehead atoms. The molecule has 1 fully saturated rings. The van der Waals surface area contributed by atoms with Crippen molar-refractivity contribution in [2.45, 2.75) is 45.8 Å². The summed E-state index contributed by atoms with van der Waals surface area (Å²) in [7, 11) is 0. The van der Waals surface area contributed by atoms with Crippen molar-refractivity contribution < 1.29 is 9.47 Å². The van der Waals surface area contributed by atoms with Crippen LogP contribution in [0.3, 0.4) is 0 Å². The van der Waals surface area contributed by atoms with Crippen LogP contribution in [0.15, 0.2) is 24.3 Å². The number of ether oxygens (including phenoxy) is 2. The van der Waals surface area contributed by atoms with Crippen LogP contribution in [0.4, 0.5) is 0 Å². The van der Waals surface area contributed by atoms with Crippen molar-refractivity contribution in [2.75, 3.05) is 26.4 Å². The van der Waals surface area contributed by atoms with Gasteiger partial charge in [-0.05, 0) is 37.4 Å². The maximum absolute atomic E-state index is 6.11. The Morgan fingerprint density at radius 3 is 2.62 bits per heavy atom. The first kappa shape index (κ1) is 16.5. The van der Waals surface area contributed by atoms with Gasteiger partial charge in [0.1, 0.15) is 0 Å². The van der Waals surface area contributed by atoms with Crippen LogP contribution < -0.4 is 5.32 Å². The number of aryl methyl sites for hydroxylation is 1. The average molecular weight is 291 g/mol. The van der Waals surface area contributed by atoms with Gasteiger partial charge >= 0.3 is 0 Å². The number of likely N-dealkylation sites (N-methyl/N-ethyl adjacent to an activating group) is 1. The van der Waals surface area contributed by atoms with E-state index in [1.807, 2.05) is 0 Å². The van der Waals surface area contributed by atoms with Gasteiger partial charge in [0.25, 0.3) is 0 Å². The first-order valence-corrected chi connectivity index (χ1v) is 8.26. The fourth-order valence-corrected chi connectivity index (χ4v) is 2.83. The third-order valence-electron chi connectivity index (χ3n) is 4.26. The van der Waals surface area contributed by atoms with Gasteiger partial charge in [0.15, 0.2) is 0 Å². The third kappa shape index (κ3) is 4.80. The molecule has 1 aliphatic rings. The Morgan fingerprint density at radius 2 is 2.05 bits per heavy atom. The SMILES string of the molecule is CCNC(c1ccc(CC)cc1)C(C)OCC1CCOC1. The average Bonchev–Trinajstić information content (AvgIpc) is 3.04. The van der Waals surface area contributed by atoms with Gasteiger partial charge in [-0.3, -0.25) is 0 Å². The molecular formula is C18H29NO2. The molecule has 0 radical (unpaired) electrons. The quantitative estimate of drug-likeness (QED) is 0.797. The fraction of sp³-hybridized carbons (Fsp3) is 0.667. The van der Waals surface area contributed by atoms with E-state index in [1.165, 1.54) is 11.1 Å². The van der Waals surface area contributed by atoms with Gasteiger partial charge in [0, 0.05) is 12.5 Å². The molecule has 1 N–H and O–H groups in total. The summed E-state index contributed by atoms with van der Waals surface area (Å²) >= 11 is 0. The molecule has 3 nitrogen and oxygen atoms in total. The van der Waals surface area contributed by atoms with E-state index in [4.69, 9.17) is 9.47 Å². The van der Waals surface area contributed by atoms with Crippen molar-refractivity contribution in [3.05, 3.63) is 35.4 Å². The van der Waals surface area contributed by atoms with E-state index in [0.29, 0.717) is 5.92 Å². The molecule has 3 unspecified atom stereocenters. The molecule has 3 heteroatoms. The van der Waals surface area contributed by atoms with Crippen LogP contribution in [0.25, 0.3) is 0 Å². The molecule has 118 valence electrons. The minimum atomic E-state index is 0.165. The molecule has 1 aromatic rings. The predicted molar refractivity (Wildman–Crippen MR) is 86.6 cm³/mol. The molecule has 1 aromatic carbocycles. The highest BCUT2D eigenvalue weighted by Crippen LogP contribution is 2.22. The first-order chi connectivity index (χ1) is 10.2. The summed E-state index contributed by atoms with van der Waals surface area (Å²) in [6.45, 7) is 9.98. The topological polar surface area (TPSA) is 30.5 Å². The molecular weight excluding hydrogens is 262 g/mol. The zero-order valence-corrected chi connectivity index (χ0v) is 13.6. The summed E-state index contributed by atoms with van der Waals surface area (Å²) in [6, 6.07) is 9.15. The van der Waals surface area contributed by atoms with Gasteiger partial charge in [-0.25, -0.2) is 0 Å². The van der Waals surface area contributed by atoms with E-state index in [9.17, 15) is 0 Å². The number of hydrogen-bond acceptors (Lipinski definition) is 3. The van der Waals surface area contributed by atoms with Gasteiger partial charge in [-0.2, -0.15) is 0 Å². The summed E-state index contributed by atoms with van der Waals surface area (Å²) < 4.78 is 11.5. The summed E-state index contributed by atoms with van der Waals surface area (Å²) in [5.41, 5.74) is 2.69. The lowest BCUT2D eigenvalue weighted by Crippen LogP contribution is -2.33. The first-order valence-electron chi connectivity index (χ1n) is 8.26. The van der Waals surface area contributed by atoms with Crippen molar-refractivity contribution in [3.8, 4) is 0 Å². The van der Waals surface area contributed by atoms with Crippen molar-refractivity contribution >= 4 is 0 Å². The van der Waals surface area contributed by atoms with Crippen molar-refractivity contribution in [1.82, 2.24) is 5.32 Å². The molecule has 1 saturated heterocycles. The van der Waals surface area contributed by atoms with E-state index in [2.05, 4.69) is 50.4 Å². The standard InChI is InChI=1S/C18H29NO2/c1-4-15-6-8-17(9-7-15)18(19-5-2)14(3)21-13-16-10-11-20-12-16/h6-9,14,16,18-19H,4-5,10-13H2,1-3H3. The Bertz CT molecular complexity index is 398. The van der Waals surface area contributed by atoms with Crippen molar-refractivity contribution in [3.63, 3.8) is 0 Å². The minimum absolute atomic E-state index is 0.165. The summed E-state index contributed by atoms with van der Waals surface area (Å²) in [5, 5.41) is 3.56. The summed E-state index contributed by atoms with van der Waals surface area (Å²) in [4.78, 5) is 0. The predicted octanol–water partition coefficient (Wildman–Crippen LogP) is 3.34. The van der Waals surface area contributed by atoms with E-state index < -0.39 is 0 Å². The van der Waals surface area contributed by atoms with Crippen LogP contribution >= 0.6 is 0 Å². The molecule has 0 saturated carbocycles. The smallest absolute Gasteiger partial charge is 0.0741 e. The molecule has 1 heterocycles. The molecule has 0 amide bonds. The fourth-order valence-electron chi connectivity index (χ4n) is 2.83. The second kappa shape index (κ2) is 8.52. The van der Waals surface area contributed by atoms with Crippen LogP contribution in [0, 0.1) is 5.92 Å². The van der Waals surface area contributed by atoms with Crippen LogP contribution in [-0.2, 0) is 15.9 Å². The highest BCUT2D eigenvalue weighted by atomic mass is 16.5. The molecule has 3 atom stereocenters. The molecule has 0 aromatic heterocycles. The molecule has 1 aliphatic heterocycles.